The minimum absolute atomic E-state index is 0.0621. The molecule has 0 atom stereocenters. The quantitative estimate of drug-likeness (QED) is 0.271. The van der Waals surface area contributed by atoms with Gasteiger partial charge >= 0.3 is 23.6 Å². The Morgan fingerprint density at radius 1 is 1.07 bits per heavy atom. The minimum atomic E-state index is -2.01. The van der Waals surface area contributed by atoms with Crippen molar-refractivity contribution in [3.63, 3.8) is 0 Å². The molecule has 1 heterocycles. The van der Waals surface area contributed by atoms with Gasteiger partial charge in [-0.25, -0.2) is 14.4 Å². The van der Waals surface area contributed by atoms with Crippen molar-refractivity contribution in [1.29, 1.82) is 0 Å². The molecule has 0 aromatic carbocycles. The fourth-order valence-electron chi connectivity index (χ4n) is 2.37. The highest BCUT2D eigenvalue weighted by Gasteiger charge is 2.51. The number of nitrogens with one attached hydrogen (secondary N) is 1. The van der Waals surface area contributed by atoms with E-state index in [0.717, 1.165) is 0 Å². The van der Waals surface area contributed by atoms with Gasteiger partial charge in [-0.3, -0.25) is 4.98 Å². The number of pyridine rings is 1. The molecular formula is C20H30N2O7. The van der Waals surface area contributed by atoms with Gasteiger partial charge in [0.1, 0.15) is 11.4 Å². The molecule has 0 bridgehead atoms. The van der Waals surface area contributed by atoms with Gasteiger partial charge in [-0.2, -0.15) is 0 Å². The smallest absolute Gasteiger partial charge is 0.407 e. The molecule has 1 rings (SSSR count). The number of carbonyl (C=O) groups excluding carboxylic acids is 3. The largest absolute Gasteiger partial charge is 0.463 e. The number of amides is 1. The van der Waals surface area contributed by atoms with E-state index >= 15 is 0 Å². The molecule has 29 heavy (non-hydrogen) atoms. The van der Waals surface area contributed by atoms with Crippen LogP contribution in [0.4, 0.5) is 4.79 Å². The molecule has 0 saturated heterocycles. The van der Waals surface area contributed by atoms with E-state index in [1.165, 1.54) is 12.4 Å². The first-order valence-electron chi connectivity index (χ1n) is 9.55. The average Bonchev–Trinajstić information content (AvgIpc) is 2.64. The third-order valence-corrected chi connectivity index (χ3v) is 3.51. The lowest BCUT2D eigenvalue weighted by atomic mass is 9.97. The SMILES string of the molecule is CCOC(=O)C(CCCNC(=O)OC(C)(C)C)(Oc1cccnc1)C(=O)OCC. The van der Waals surface area contributed by atoms with Crippen LogP contribution in [0.3, 0.4) is 0 Å². The summed E-state index contributed by atoms with van der Waals surface area (Å²) in [6.07, 6.45) is 2.48. The molecule has 1 aromatic heterocycles. The summed E-state index contributed by atoms with van der Waals surface area (Å²) in [5.41, 5.74) is -2.64. The molecule has 9 heteroatoms. The van der Waals surface area contributed by atoms with Crippen LogP contribution in [0.15, 0.2) is 24.5 Å². The summed E-state index contributed by atoms with van der Waals surface area (Å²) in [7, 11) is 0. The Bertz CT molecular complexity index is 653. The van der Waals surface area contributed by atoms with E-state index in [0.29, 0.717) is 0 Å². The van der Waals surface area contributed by atoms with Crippen LogP contribution < -0.4 is 10.1 Å². The Kier molecular flexibility index (Phi) is 9.37. The molecule has 0 fully saturated rings. The van der Waals surface area contributed by atoms with E-state index in [1.54, 1.807) is 46.8 Å². The van der Waals surface area contributed by atoms with Crippen molar-refractivity contribution in [2.75, 3.05) is 19.8 Å². The van der Waals surface area contributed by atoms with Gasteiger partial charge < -0.3 is 24.3 Å². The highest BCUT2D eigenvalue weighted by atomic mass is 16.6. The van der Waals surface area contributed by atoms with Crippen molar-refractivity contribution in [1.82, 2.24) is 10.3 Å². The molecule has 0 aliphatic rings. The summed E-state index contributed by atoms with van der Waals surface area (Å²) in [5, 5.41) is 2.58. The topological polar surface area (TPSA) is 113 Å². The number of nitrogens with zero attached hydrogens (tertiary/aromatic N) is 1. The second kappa shape index (κ2) is 11.2. The Balaban J connectivity index is 2.96. The van der Waals surface area contributed by atoms with Crippen LogP contribution in [0.25, 0.3) is 0 Å². The van der Waals surface area contributed by atoms with Crippen LogP contribution in [-0.2, 0) is 23.8 Å². The maximum absolute atomic E-state index is 12.7. The Morgan fingerprint density at radius 2 is 1.69 bits per heavy atom. The van der Waals surface area contributed by atoms with E-state index < -0.39 is 29.2 Å². The van der Waals surface area contributed by atoms with Crippen molar-refractivity contribution < 1.29 is 33.3 Å². The van der Waals surface area contributed by atoms with Gasteiger partial charge in [0.25, 0.3) is 0 Å². The Labute approximate surface area is 171 Å². The van der Waals surface area contributed by atoms with Gasteiger partial charge in [0.05, 0.1) is 19.4 Å². The summed E-state index contributed by atoms with van der Waals surface area (Å²) in [5.74, 6) is -1.51. The van der Waals surface area contributed by atoms with E-state index in [2.05, 4.69) is 10.3 Å². The van der Waals surface area contributed by atoms with Crippen LogP contribution in [0.1, 0.15) is 47.5 Å². The lowest BCUT2D eigenvalue weighted by Gasteiger charge is -2.29. The van der Waals surface area contributed by atoms with Crippen molar-refractivity contribution in [3.8, 4) is 5.75 Å². The van der Waals surface area contributed by atoms with Gasteiger partial charge in [0, 0.05) is 19.2 Å². The van der Waals surface area contributed by atoms with Crippen molar-refractivity contribution in [3.05, 3.63) is 24.5 Å². The molecule has 0 saturated carbocycles. The molecule has 0 unspecified atom stereocenters. The third-order valence-electron chi connectivity index (χ3n) is 3.51. The summed E-state index contributed by atoms with van der Waals surface area (Å²) < 4.78 is 21.1. The third kappa shape index (κ3) is 7.97. The molecule has 0 spiro atoms. The lowest BCUT2D eigenvalue weighted by Crippen LogP contribution is -2.54. The highest BCUT2D eigenvalue weighted by molar-refractivity contribution is 6.04. The molecule has 1 amide bonds. The number of ether oxygens (including phenoxy) is 4. The van der Waals surface area contributed by atoms with Crippen LogP contribution in [-0.4, -0.2) is 54.0 Å². The first-order valence-corrected chi connectivity index (χ1v) is 9.55. The number of esters is 2. The standard InChI is InChI=1S/C20H30N2O7/c1-6-26-16(23)20(17(24)27-7-2,28-15-10-8-12-21-14-15)11-9-13-22-18(25)29-19(3,4)5/h8,10,12,14H,6-7,9,11,13H2,1-5H3,(H,22,25). The van der Waals surface area contributed by atoms with Gasteiger partial charge in [-0.05, 0) is 53.2 Å². The maximum atomic E-state index is 12.7. The summed E-state index contributed by atoms with van der Waals surface area (Å²) in [6.45, 7) is 8.79. The number of rotatable bonds is 10. The number of aromatic nitrogens is 1. The zero-order valence-electron chi connectivity index (χ0n) is 17.6. The van der Waals surface area contributed by atoms with Crippen molar-refractivity contribution in [2.24, 2.45) is 0 Å². The predicted octanol–water partition coefficient (Wildman–Crippen LogP) is 2.63. The van der Waals surface area contributed by atoms with Crippen LogP contribution in [0, 0.1) is 0 Å². The van der Waals surface area contributed by atoms with Gasteiger partial charge in [0.2, 0.25) is 0 Å². The van der Waals surface area contributed by atoms with Gasteiger partial charge in [-0.15, -0.1) is 0 Å². The van der Waals surface area contributed by atoms with Crippen LogP contribution in [0.2, 0.25) is 0 Å². The molecule has 0 radical (unpaired) electrons. The zero-order chi connectivity index (χ0) is 21.9. The summed E-state index contributed by atoms with van der Waals surface area (Å²) >= 11 is 0. The molecule has 1 aromatic rings. The van der Waals surface area contributed by atoms with E-state index in [9.17, 15) is 14.4 Å². The fourth-order valence-corrected chi connectivity index (χ4v) is 2.37. The molecule has 0 aliphatic carbocycles. The predicted molar refractivity (Wildman–Crippen MR) is 104 cm³/mol. The van der Waals surface area contributed by atoms with Gasteiger partial charge in [-0.1, -0.05) is 0 Å². The van der Waals surface area contributed by atoms with Crippen LogP contribution in [0.5, 0.6) is 5.75 Å². The normalized spacial score (nSPS) is 11.3. The van der Waals surface area contributed by atoms with Gasteiger partial charge in [0.15, 0.2) is 0 Å². The lowest BCUT2D eigenvalue weighted by molar-refractivity contribution is -0.180. The van der Waals surface area contributed by atoms with Crippen molar-refractivity contribution in [2.45, 2.75) is 58.7 Å². The minimum Gasteiger partial charge on any atom is -0.463 e. The maximum Gasteiger partial charge on any atom is 0.407 e. The number of hydrogen-bond acceptors (Lipinski definition) is 8. The Morgan fingerprint density at radius 3 is 2.17 bits per heavy atom. The zero-order valence-corrected chi connectivity index (χ0v) is 17.6. The Hall–Kier alpha value is -2.84. The second-order valence-electron chi connectivity index (χ2n) is 7.09. The number of carbonyl (C=O) groups is 3. The number of alkyl carbamates (subject to hydrolysis) is 1. The summed E-state index contributed by atoms with van der Waals surface area (Å²) in [4.78, 5) is 41.2. The monoisotopic (exact) mass is 410 g/mol. The molecular weight excluding hydrogens is 380 g/mol. The molecule has 0 aliphatic heterocycles. The molecule has 1 N–H and O–H groups in total. The molecule has 162 valence electrons. The fraction of sp³-hybridized carbons (Fsp3) is 0.600. The molecule has 9 nitrogen and oxygen atoms in total. The van der Waals surface area contributed by atoms with Crippen molar-refractivity contribution >= 4 is 18.0 Å². The first kappa shape index (κ1) is 24.2. The van der Waals surface area contributed by atoms with E-state index in [4.69, 9.17) is 18.9 Å². The van der Waals surface area contributed by atoms with Crippen LogP contribution >= 0.6 is 0 Å². The second-order valence-corrected chi connectivity index (χ2v) is 7.09. The average molecular weight is 410 g/mol. The highest BCUT2D eigenvalue weighted by Crippen LogP contribution is 2.26. The number of hydrogen-bond donors (Lipinski definition) is 1. The summed E-state index contributed by atoms with van der Waals surface area (Å²) in [6, 6.07) is 3.18. The van der Waals surface area contributed by atoms with E-state index in [-0.39, 0.29) is 38.3 Å². The van der Waals surface area contributed by atoms with E-state index in [1.807, 2.05) is 0 Å². The first-order chi connectivity index (χ1) is 13.6.